The number of aliphatic hydroxyl groups is 4. The van der Waals surface area contributed by atoms with Crippen molar-refractivity contribution in [2.45, 2.75) is 169 Å². The Hall–Kier alpha value is -2.55. The second kappa shape index (κ2) is 26.3. The van der Waals surface area contributed by atoms with Crippen LogP contribution in [0.1, 0.15) is 132 Å². The van der Waals surface area contributed by atoms with Crippen LogP contribution < -0.4 is 10.2 Å². The molecule has 12 nitrogen and oxygen atoms in total. The first-order chi connectivity index (χ1) is 28.2. The first-order valence-corrected chi connectivity index (χ1v) is 22.6. The number of fused-ring (bicyclic) bond motifs is 2. The Balaban J connectivity index is 0.000000413. The van der Waals surface area contributed by atoms with Gasteiger partial charge < -0.3 is 49.7 Å². The van der Waals surface area contributed by atoms with Gasteiger partial charge in [-0.15, -0.1) is 0 Å². The van der Waals surface area contributed by atoms with E-state index in [9.17, 15) is 49.8 Å². The van der Waals surface area contributed by atoms with Crippen LogP contribution in [0.3, 0.4) is 0 Å². The molecule has 0 amide bonds. The van der Waals surface area contributed by atoms with E-state index in [0.717, 1.165) is 25.7 Å². The summed E-state index contributed by atoms with van der Waals surface area (Å²) in [6.45, 7) is 16.3. The zero-order chi connectivity index (χ0) is 44.8. The molecule has 0 saturated carbocycles. The average Bonchev–Trinajstić information content (AvgIpc) is 3.15. The van der Waals surface area contributed by atoms with Gasteiger partial charge in [0, 0.05) is 36.6 Å². The molecule has 4 N–H and O–H groups in total. The summed E-state index contributed by atoms with van der Waals surface area (Å²) in [5.74, 6) is -1.41. The number of hydrogen-bond acceptors (Lipinski definition) is 12. The molecule has 0 heterocycles. The van der Waals surface area contributed by atoms with Gasteiger partial charge >= 0.3 is 35.0 Å². The summed E-state index contributed by atoms with van der Waals surface area (Å²) in [5.41, 5.74) is 2.40. The second-order valence-corrected chi connectivity index (χ2v) is 18.5. The number of ether oxygens (including phenoxy) is 2. The number of carboxylic acid groups (broad SMARTS) is 2. The van der Waals surface area contributed by atoms with Gasteiger partial charge in [0.15, 0.2) is 0 Å². The van der Waals surface area contributed by atoms with Crippen molar-refractivity contribution < 1.29 is 59.3 Å². The number of allylic oxidation sites excluding steroid dienone is 6. The topological polar surface area (TPSA) is 214 Å². The molecule has 13 heteroatoms. The van der Waals surface area contributed by atoms with Crippen LogP contribution in [0, 0.1) is 59.2 Å². The van der Waals surface area contributed by atoms with E-state index in [4.69, 9.17) is 9.47 Å². The Morgan fingerprint density at radius 2 is 0.984 bits per heavy atom. The number of aliphatic hydroxyl groups excluding tert-OH is 4. The minimum absolute atomic E-state index is 0. The smallest absolute Gasteiger partial charge is 0.550 e. The predicted octanol–water partition coefficient (Wildman–Crippen LogP) is 4.38. The molecule has 16 atom stereocenters. The summed E-state index contributed by atoms with van der Waals surface area (Å²) >= 11 is 0. The number of carbonyl (C=O) groups excluding carboxylic acids is 4. The molecule has 0 radical (unpaired) electrons. The third kappa shape index (κ3) is 17.2. The van der Waals surface area contributed by atoms with Gasteiger partial charge in [0.1, 0.15) is 12.2 Å². The van der Waals surface area contributed by atoms with Crippen molar-refractivity contribution in [1.29, 1.82) is 0 Å². The average molecular weight is 867 g/mol. The molecular formula is C48H74MgO12. The van der Waals surface area contributed by atoms with Gasteiger partial charge in [-0.2, -0.15) is 0 Å². The fourth-order valence-corrected chi connectivity index (χ4v) is 9.49. The number of rotatable bonds is 20. The number of carbonyl (C=O) groups is 4. The fourth-order valence-electron chi connectivity index (χ4n) is 9.49. The number of aliphatic carboxylic acids is 2. The van der Waals surface area contributed by atoms with Crippen LogP contribution >= 0.6 is 0 Å². The Bertz CT molecular complexity index is 1430. The fraction of sp³-hybridized carbons (Fsp3) is 0.750. The number of esters is 2. The first kappa shape index (κ1) is 54.6. The van der Waals surface area contributed by atoms with E-state index >= 15 is 0 Å². The molecule has 61 heavy (non-hydrogen) atoms. The van der Waals surface area contributed by atoms with E-state index < -0.39 is 49.2 Å². The third-order valence-electron chi connectivity index (χ3n) is 13.3. The molecule has 0 bridgehead atoms. The molecule has 4 aliphatic carbocycles. The molecule has 0 aliphatic heterocycles. The van der Waals surface area contributed by atoms with Crippen molar-refractivity contribution in [3.63, 3.8) is 0 Å². The second-order valence-electron chi connectivity index (χ2n) is 18.5. The van der Waals surface area contributed by atoms with Crippen LogP contribution in [0.15, 0.2) is 47.6 Å². The Kier molecular flexibility index (Phi) is 23.5. The molecule has 340 valence electrons. The molecule has 0 aromatic carbocycles. The molecule has 0 saturated heterocycles. The number of carboxylic acids is 2. The Morgan fingerprint density at radius 3 is 1.30 bits per heavy atom. The van der Waals surface area contributed by atoms with E-state index in [1.807, 2.05) is 27.7 Å². The third-order valence-corrected chi connectivity index (χ3v) is 13.3. The van der Waals surface area contributed by atoms with E-state index in [1.165, 1.54) is 11.1 Å². The molecule has 0 aromatic rings. The Morgan fingerprint density at radius 1 is 0.639 bits per heavy atom. The van der Waals surface area contributed by atoms with Crippen molar-refractivity contribution >= 4 is 46.9 Å². The largest absolute Gasteiger partial charge is 2.00 e. The summed E-state index contributed by atoms with van der Waals surface area (Å²) in [6, 6.07) is 0. The van der Waals surface area contributed by atoms with E-state index in [1.54, 1.807) is 0 Å². The van der Waals surface area contributed by atoms with Gasteiger partial charge in [-0.1, -0.05) is 91.8 Å². The first-order valence-electron chi connectivity index (χ1n) is 22.6. The van der Waals surface area contributed by atoms with Gasteiger partial charge in [-0.25, -0.2) is 0 Å². The van der Waals surface area contributed by atoms with Crippen molar-refractivity contribution in [1.82, 2.24) is 0 Å². The minimum Gasteiger partial charge on any atom is -0.550 e. The molecule has 4 rings (SSSR count). The van der Waals surface area contributed by atoms with Crippen molar-refractivity contribution in [3.05, 3.63) is 47.6 Å². The zero-order valence-electron chi connectivity index (χ0n) is 37.9. The maximum atomic E-state index is 12.5. The van der Waals surface area contributed by atoms with Crippen molar-refractivity contribution in [3.8, 4) is 0 Å². The van der Waals surface area contributed by atoms with Gasteiger partial charge in [0.2, 0.25) is 0 Å². The molecular weight excluding hydrogens is 793 g/mol. The maximum absolute atomic E-state index is 12.5. The van der Waals surface area contributed by atoms with Gasteiger partial charge in [-0.3, -0.25) is 9.59 Å². The molecule has 0 fully saturated rings. The summed E-state index contributed by atoms with van der Waals surface area (Å²) in [5, 5.41) is 61.3. The summed E-state index contributed by atoms with van der Waals surface area (Å²) < 4.78 is 12.0. The van der Waals surface area contributed by atoms with Crippen LogP contribution in [-0.4, -0.2) is 104 Å². The van der Waals surface area contributed by atoms with E-state index in [-0.39, 0.29) is 107 Å². The summed E-state index contributed by atoms with van der Waals surface area (Å²) in [7, 11) is 0. The molecule has 0 spiro atoms. The van der Waals surface area contributed by atoms with Crippen molar-refractivity contribution in [2.24, 2.45) is 59.2 Å². The standard InChI is InChI=1S/2C24H38O6.Mg/c2*1-5-15(3)24(29)30-21-11-14(2)10-17-7-6-16(4)20(23(17)21)9-8-18(25)12-19(26)13-22(27)28;/h2*6-7,10,14-16,18-21,23,25-26H,5,8-9,11-13H2,1-4H3,(H,27,28);/q;;+2/p-2/t2*14-,15-,16-,18+,19+,20-,21-,23-;/m00./s1. The van der Waals surface area contributed by atoms with Crippen molar-refractivity contribution in [2.75, 3.05) is 0 Å². The molecule has 4 aliphatic rings. The van der Waals surface area contributed by atoms with E-state index in [2.05, 4.69) is 64.2 Å². The summed E-state index contributed by atoms with van der Waals surface area (Å²) in [6.07, 6.45) is 13.5. The predicted molar refractivity (Wildman–Crippen MR) is 230 cm³/mol. The number of hydrogen-bond donors (Lipinski definition) is 4. The summed E-state index contributed by atoms with van der Waals surface area (Å²) in [4.78, 5) is 46.2. The van der Waals surface area contributed by atoms with E-state index in [0.29, 0.717) is 37.5 Å². The maximum Gasteiger partial charge on any atom is 2.00 e. The quantitative estimate of drug-likeness (QED) is 0.0992. The van der Waals surface area contributed by atoms with Gasteiger partial charge in [0.05, 0.1) is 36.3 Å². The van der Waals surface area contributed by atoms with Crippen LogP contribution in [0.25, 0.3) is 0 Å². The van der Waals surface area contributed by atoms with Crippen LogP contribution in [0.4, 0.5) is 0 Å². The monoisotopic (exact) mass is 867 g/mol. The zero-order valence-corrected chi connectivity index (χ0v) is 39.4. The van der Waals surface area contributed by atoms with Crippen LogP contribution in [0.2, 0.25) is 0 Å². The van der Waals surface area contributed by atoms with Crippen LogP contribution in [0.5, 0.6) is 0 Å². The van der Waals surface area contributed by atoms with Gasteiger partial charge in [-0.05, 0) is 111 Å². The molecule has 0 unspecified atom stereocenters. The Labute approximate surface area is 380 Å². The van der Waals surface area contributed by atoms with Crippen LogP contribution in [-0.2, 0) is 28.7 Å². The molecule has 0 aromatic heterocycles. The van der Waals surface area contributed by atoms with Gasteiger partial charge in [0.25, 0.3) is 0 Å². The minimum atomic E-state index is -1.32. The normalized spacial score (nSPS) is 30.8. The SMILES string of the molecule is CC[C@H](C)C(=O)O[C@H]1C[C@@H](C)C=C2C=C[C@H](C)[C@H](CC[C@@H](O)C[C@@H](O)CC(=O)[O-])[C@H]21.CC[C@H](C)C(=O)O[C@H]1C[C@@H](C)C=C2C=C[C@H](C)[C@H](CC[C@@H](O)C[C@@H](O)CC(=O)[O-])[C@H]21.[Mg+2].